The van der Waals surface area contributed by atoms with Gasteiger partial charge in [0.1, 0.15) is 11.5 Å². The number of amides is 2. The Bertz CT molecular complexity index is 1230. The molecule has 0 atom stereocenters. The quantitative estimate of drug-likeness (QED) is 0.604. The van der Waals surface area contributed by atoms with Gasteiger partial charge in [-0.1, -0.05) is 23.8 Å². The highest BCUT2D eigenvalue weighted by atomic mass is 32.1. The van der Waals surface area contributed by atoms with Crippen LogP contribution in [0.15, 0.2) is 46.9 Å². The predicted octanol–water partition coefficient (Wildman–Crippen LogP) is 4.87. The normalized spacial score (nSPS) is 13.7. The predicted molar refractivity (Wildman–Crippen MR) is 128 cm³/mol. The van der Waals surface area contributed by atoms with Crippen molar-refractivity contribution in [2.45, 2.75) is 33.6 Å². The van der Waals surface area contributed by atoms with Gasteiger partial charge in [0.15, 0.2) is 5.13 Å². The van der Waals surface area contributed by atoms with Crippen molar-refractivity contribution in [3.8, 4) is 17.0 Å². The van der Waals surface area contributed by atoms with Gasteiger partial charge in [0.2, 0.25) is 5.91 Å². The summed E-state index contributed by atoms with van der Waals surface area (Å²) in [6, 6.07) is 11.7. The molecule has 7 nitrogen and oxygen atoms in total. The maximum absolute atomic E-state index is 12.9. The molecule has 4 rings (SSSR count). The fraction of sp³-hybridized carbons (Fsp3) is 0.250. The minimum Gasteiger partial charge on any atom is -0.496 e. The van der Waals surface area contributed by atoms with E-state index in [-0.39, 0.29) is 24.7 Å². The fourth-order valence-corrected chi connectivity index (χ4v) is 4.20. The lowest BCUT2D eigenvalue weighted by atomic mass is 10.1. The Morgan fingerprint density at radius 2 is 1.84 bits per heavy atom. The molecule has 2 heterocycles. The van der Waals surface area contributed by atoms with Gasteiger partial charge in [0, 0.05) is 23.8 Å². The molecular formula is C24H24N4O3S. The summed E-state index contributed by atoms with van der Waals surface area (Å²) in [5.74, 6) is 0.237. The van der Waals surface area contributed by atoms with Gasteiger partial charge in [-0.05, 0) is 50.1 Å². The summed E-state index contributed by atoms with van der Waals surface area (Å²) < 4.78 is 5.44. The lowest BCUT2D eigenvalue weighted by Crippen LogP contribution is -2.36. The van der Waals surface area contributed by atoms with Crippen LogP contribution in [0.25, 0.3) is 11.3 Å². The molecule has 1 N–H and O–H groups in total. The standard InChI is InChI=1S/C24H24N4O3S/c1-14-6-9-21(31-4)17(11-14)19-13-32-24(25-19)26-23(30)18-8-10-22(29)28(27-18)20-12-15(2)5-7-16(20)3/h5-7,9,11-13H,8,10H2,1-4H3,(H,25,26,30). The Morgan fingerprint density at radius 3 is 2.62 bits per heavy atom. The van der Waals surface area contributed by atoms with E-state index in [1.165, 1.54) is 16.3 Å². The number of aryl methyl sites for hydroxylation is 3. The molecule has 164 valence electrons. The second kappa shape index (κ2) is 8.92. The number of nitrogens with one attached hydrogen (secondary N) is 1. The van der Waals surface area contributed by atoms with Gasteiger partial charge in [-0.2, -0.15) is 5.10 Å². The molecule has 0 radical (unpaired) electrons. The summed E-state index contributed by atoms with van der Waals surface area (Å²) in [7, 11) is 1.62. The average molecular weight is 449 g/mol. The molecule has 0 fully saturated rings. The summed E-state index contributed by atoms with van der Waals surface area (Å²) in [6.07, 6.45) is 0.513. The monoisotopic (exact) mass is 448 g/mol. The van der Waals surface area contributed by atoms with Crippen LogP contribution in [0.2, 0.25) is 0 Å². The van der Waals surface area contributed by atoms with Crippen LogP contribution < -0.4 is 15.1 Å². The number of benzene rings is 2. The first kappa shape index (κ1) is 21.7. The van der Waals surface area contributed by atoms with Gasteiger partial charge in [-0.15, -0.1) is 11.3 Å². The minimum atomic E-state index is -0.357. The van der Waals surface area contributed by atoms with Crippen LogP contribution in [0.5, 0.6) is 5.75 Å². The van der Waals surface area contributed by atoms with E-state index >= 15 is 0 Å². The highest BCUT2D eigenvalue weighted by Gasteiger charge is 2.27. The molecule has 8 heteroatoms. The van der Waals surface area contributed by atoms with Crippen molar-refractivity contribution in [2.24, 2.45) is 5.10 Å². The first-order valence-corrected chi connectivity index (χ1v) is 11.1. The number of carbonyl (C=O) groups is 2. The smallest absolute Gasteiger partial charge is 0.273 e. The van der Waals surface area contributed by atoms with Gasteiger partial charge in [0.05, 0.1) is 18.5 Å². The Hall–Kier alpha value is -3.52. The van der Waals surface area contributed by atoms with Gasteiger partial charge < -0.3 is 4.74 Å². The molecule has 0 aliphatic carbocycles. The second-order valence-electron chi connectivity index (χ2n) is 7.74. The van der Waals surface area contributed by atoms with Gasteiger partial charge in [0.25, 0.3) is 5.91 Å². The molecule has 0 saturated heterocycles. The van der Waals surface area contributed by atoms with Crippen LogP contribution >= 0.6 is 11.3 Å². The van der Waals surface area contributed by atoms with Gasteiger partial charge in [-0.25, -0.2) is 9.99 Å². The lowest BCUT2D eigenvalue weighted by Gasteiger charge is -2.24. The SMILES string of the molecule is COc1ccc(C)cc1-c1csc(NC(=O)C2=NN(c3cc(C)ccc3C)C(=O)CC2)n1. The van der Waals surface area contributed by atoms with E-state index in [0.717, 1.165) is 33.7 Å². The van der Waals surface area contributed by atoms with E-state index in [4.69, 9.17) is 4.74 Å². The second-order valence-corrected chi connectivity index (χ2v) is 8.60. The highest BCUT2D eigenvalue weighted by molar-refractivity contribution is 7.14. The van der Waals surface area contributed by atoms with E-state index in [9.17, 15) is 9.59 Å². The number of aromatic nitrogens is 1. The number of ether oxygens (including phenoxy) is 1. The summed E-state index contributed by atoms with van der Waals surface area (Å²) in [4.78, 5) is 29.9. The van der Waals surface area contributed by atoms with Gasteiger partial charge in [-0.3, -0.25) is 14.9 Å². The Kier molecular flexibility index (Phi) is 6.05. The zero-order chi connectivity index (χ0) is 22.8. The summed E-state index contributed by atoms with van der Waals surface area (Å²) >= 11 is 1.33. The van der Waals surface area contributed by atoms with E-state index in [1.54, 1.807) is 7.11 Å². The van der Waals surface area contributed by atoms with E-state index < -0.39 is 0 Å². The number of anilines is 2. The van der Waals surface area contributed by atoms with Crippen molar-refractivity contribution in [3.05, 3.63) is 58.5 Å². The van der Waals surface area contributed by atoms with Crippen LogP contribution in [0.1, 0.15) is 29.5 Å². The number of hydrogen-bond acceptors (Lipinski definition) is 6. The van der Waals surface area contributed by atoms with Crippen molar-refractivity contribution in [2.75, 3.05) is 17.4 Å². The Balaban J connectivity index is 1.56. The molecule has 1 aliphatic heterocycles. The van der Waals surface area contributed by atoms with Gasteiger partial charge >= 0.3 is 0 Å². The zero-order valence-corrected chi connectivity index (χ0v) is 19.2. The third-order valence-electron chi connectivity index (χ3n) is 5.24. The summed E-state index contributed by atoms with van der Waals surface area (Å²) in [6.45, 7) is 5.88. The van der Waals surface area contributed by atoms with E-state index in [1.807, 2.05) is 62.5 Å². The van der Waals surface area contributed by atoms with Crippen LogP contribution in [0.4, 0.5) is 10.8 Å². The van der Waals surface area contributed by atoms with Crippen molar-refractivity contribution < 1.29 is 14.3 Å². The number of carbonyl (C=O) groups excluding carboxylic acids is 2. The maximum Gasteiger partial charge on any atom is 0.273 e. The Morgan fingerprint density at radius 1 is 1.09 bits per heavy atom. The van der Waals surface area contributed by atoms with Crippen LogP contribution in [-0.2, 0) is 9.59 Å². The third-order valence-corrected chi connectivity index (χ3v) is 6.00. The Labute approximate surface area is 190 Å². The largest absolute Gasteiger partial charge is 0.496 e. The summed E-state index contributed by atoms with van der Waals surface area (Å²) in [5, 5.41) is 10.9. The fourth-order valence-electron chi connectivity index (χ4n) is 3.50. The van der Waals surface area contributed by atoms with Crippen LogP contribution in [0.3, 0.4) is 0 Å². The van der Waals surface area contributed by atoms with Crippen molar-refractivity contribution in [3.63, 3.8) is 0 Å². The average Bonchev–Trinajstić information content (AvgIpc) is 3.24. The van der Waals surface area contributed by atoms with E-state index in [0.29, 0.717) is 16.5 Å². The molecule has 1 aliphatic rings. The minimum absolute atomic E-state index is 0.127. The third kappa shape index (κ3) is 4.40. The summed E-state index contributed by atoms with van der Waals surface area (Å²) in [5.41, 5.74) is 5.62. The number of hydrazone groups is 1. The molecule has 0 saturated carbocycles. The number of methoxy groups -OCH3 is 1. The topological polar surface area (TPSA) is 83.9 Å². The van der Waals surface area contributed by atoms with E-state index in [2.05, 4.69) is 15.4 Å². The zero-order valence-electron chi connectivity index (χ0n) is 18.4. The number of hydrogen-bond donors (Lipinski definition) is 1. The molecule has 0 unspecified atom stereocenters. The molecule has 2 aromatic carbocycles. The number of nitrogens with zero attached hydrogens (tertiary/aromatic N) is 3. The van der Waals surface area contributed by atoms with Crippen molar-refractivity contribution in [1.82, 2.24) is 4.98 Å². The molecular weight excluding hydrogens is 424 g/mol. The molecule has 0 bridgehead atoms. The highest BCUT2D eigenvalue weighted by Crippen LogP contribution is 2.33. The molecule has 32 heavy (non-hydrogen) atoms. The first-order valence-electron chi connectivity index (χ1n) is 10.3. The lowest BCUT2D eigenvalue weighted by molar-refractivity contribution is -0.118. The molecule has 1 aromatic heterocycles. The van der Waals surface area contributed by atoms with Crippen molar-refractivity contribution >= 4 is 39.7 Å². The van der Waals surface area contributed by atoms with Crippen LogP contribution in [0, 0.1) is 20.8 Å². The molecule has 3 aromatic rings. The molecule has 0 spiro atoms. The first-order chi connectivity index (χ1) is 15.4. The maximum atomic E-state index is 12.9. The molecule has 2 amide bonds. The van der Waals surface area contributed by atoms with Crippen molar-refractivity contribution in [1.29, 1.82) is 0 Å². The number of thiazole rings is 1. The van der Waals surface area contributed by atoms with Crippen LogP contribution in [-0.4, -0.2) is 29.6 Å². The number of rotatable bonds is 5.